The Balaban J connectivity index is 2.45. The van der Waals surface area contributed by atoms with Gasteiger partial charge in [0.2, 0.25) is 0 Å². The number of ether oxygens (including phenoxy) is 1. The fraction of sp³-hybridized carbons (Fsp3) is 0.250. The number of halogens is 1. The summed E-state index contributed by atoms with van der Waals surface area (Å²) in [6, 6.07) is 7.69. The second kappa shape index (κ2) is 5.33. The molecule has 2 rings (SSSR count). The molecule has 90 valence electrons. The van der Waals surface area contributed by atoms with E-state index in [9.17, 15) is 0 Å². The Morgan fingerprint density at radius 3 is 2.88 bits per heavy atom. The Morgan fingerprint density at radius 2 is 2.18 bits per heavy atom. The molecule has 17 heavy (non-hydrogen) atoms. The van der Waals surface area contributed by atoms with Gasteiger partial charge in [-0.25, -0.2) is 4.98 Å². The summed E-state index contributed by atoms with van der Waals surface area (Å²) < 4.78 is 6.10. The number of H-pyrrole nitrogens is 1. The number of imidazole rings is 1. The highest BCUT2D eigenvalue weighted by atomic mass is 79.9. The molecule has 0 bridgehead atoms. The van der Waals surface area contributed by atoms with Crippen molar-refractivity contribution in [3.63, 3.8) is 0 Å². The van der Waals surface area contributed by atoms with E-state index in [4.69, 9.17) is 9.84 Å². The van der Waals surface area contributed by atoms with Gasteiger partial charge in [0.05, 0.1) is 13.7 Å². The summed E-state index contributed by atoms with van der Waals surface area (Å²) in [6.45, 7) is 0.0747. The third kappa shape index (κ3) is 2.50. The van der Waals surface area contributed by atoms with E-state index in [1.807, 2.05) is 24.3 Å². The first kappa shape index (κ1) is 12.1. The fourth-order valence-electron chi connectivity index (χ4n) is 1.64. The van der Waals surface area contributed by atoms with E-state index < -0.39 is 0 Å². The highest BCUT2D eigenvalue weighted by molar-refractivity contribution is 9.10. The first-order chi connectivity index (χ1) is 8.26. The van der Waals surface area contributed by atoms with Gasteiger partial charge in [-0.15, -0.1) is 0 Å². The molecule has 0 saturated heterocycles. The van der Waals surface area contributed by atoms with Crippen LogP contribution in [0.15, 0.2) is 28.9 Å². The Bertz CT molecular complexity index is 511. The van der Waals surface area contributed by atoms with Crippen LogP contribution in [0, 0.1) is 0 Å². The van der Waals surface area contributed by atoms with Crippen molar-refractivity contribution in [2.75, 3.05) is 13.7 Å². The lowest BCUT2D eigenvalue weighted by molar-refractivity contribution is 0.297. The Kier molecular flexibility index (Phi) is 3.81. The number of methoxy groups -OCH3 is 1. The zero-order chi connectivity index (χ0) is 12.3. The second-order valence-electron chi connectivity index (χ2n) is 3.52. The zero-order valence-corrected chi connectivity index (χ0v) is 11.0. The molecule has 0 amide bonds. The monoisotopic (exact) mass is 296 g/mol. The molecule has 0 spiro atoms. The number of aromatic amines is 1. The summed E-state index contributed by atoms with van der Waals surface area (Å²) in [5, 5.41) is 8.89. The number of nitrogens with zero attached hydrogens (tertiary/aromatic N) is 1. The number of rotatable bonds is 4. The van der Waals surface area contributed by atoms with Gasteiger partial charge in [0.15, 0.2) is 0 Å². The molecule has 1 aromatic heterocycles. The van der Waals surface area contributed by atoms with Gasteiger partial charge in [0.25, 0.3) is 0 Å². The number of aliphatic hydroxyl groups excluding tert-OH is 1. The Hall–Kier alpha value is -1.33. The molecule has 0 radical (unpaired) electrons. The van der Waals surface area contributed by atoms with Crippen molar-refractivity contribution in [1.29, 1.82) is 0 Å². The highest BCUT2D eigenvalue weighted by Crippen LogP contribution is 2.33. The van der Waals surface area contributed by atoms with Crippen molar-refractivity contribution in [2.45, 2.75) is 6.42 Å². The van der Waals surface area contributed by atoms with Crippen molar-refractivity contribution >= 4 is 15.9 Å². The SMILES string of the molecule is COc1ccccc1-c1nc(CCO)[nH]c1Br. The summed E-state index contributed by atoms with van der Waals surface area (Å²) in [5.74, 6) is 1.52. The summed E-state index contributed by atoms with van der Waals surface area (Å²) in [7, 11) is 1.63. The quantitative estimate of drug-likeness (QED) is 0.911. The standard InChI is InChI=1S/C12H13BrN2O2/c1-17-9-5-3-2-4-8(9)11-12(13)15-10(14-11)6-7-16/h2-5,16H,6-7H2,1H3,(H,14,15). The normalized spacial score (nSPS) is 10.5. The maximum Gasteiger partial charge on any atom is 0.128 e. The molecular weight excluding hydrogens is 284 g/mol. The van der Waals surface area contributed by atoms with Gasteiger partial charge in [-0.2, -0.15) is 0 Å². The molecule has 5 heteroatoms. The maximum atomic E-state index is 8.89. The van der Waals surface area contributed by atoms with Crippen LogP contribution in [0.2, 0.25) is 0 Å². The van der Waals surface area contributed by atoms with Crippen molar-refractivity contribution in [3.8, 4) is 17.0 Å². The predicted molar refractivity (Wildman–Crippen MR) is 69.1 cm³/mol. The minimum atomic E-state index is 0.0747. The number of benzene rings is 1. The molecule has 0 aliphatic heterocycles. The summed E-state index contributed by atoms with van der Waals surface area (Å²) >= 11 is 3.43. The summed E-state index contributed by atoms with van der Waals surface area (Å²) in [6.07, 6.45) is 0.508. The number of aromatic nitrogens is 2. The first-order valence-electron chi connectivity index (χ1n) is 5.25. The molecular formula is C12H13BrN2O2. The van der Waals surface area contributed by atoms with Crippen LogP contribution in [0.3, 0.4) is 0 Å². The van der Waals surface area contributed by atoms with Crippen LogP contribution in [0.5, 0.6) is 5.75 Å². The molecule has 0 fully saturated rings. The van der Waals surface area contributed by atoms with Crippen LogP contribution in [-0.2, 0) is 6.42 Å². The largest absolute Gasteiger partial charge is 0.496 e. The number of nitrogens with one attached hydrogen (secondary N) is 1. The average Bonchev–Trinajstić information content (AvgIpc) is 2.70. The molecule has 0 atom stereocenters. The lowest BCUT2D eigenvalue weighted by Gasteiger charge is -2.05. The number of aliphatic hydroxyl groups is 1. The minimum Gasteiger partial charge on any atom is -0.496 e. The van der Waals surface area contributed by atoms with Gasteiger partial charge in [-0.05, 0) is 28.1 Å². The zero-order valence-electron chi connectivity index (χ0n) is 9.40. The smallest absolute Gasteiger partial charge is 0.128 e. The molecule has 0 aliphatic rings. The van der Waals surface area contributed by atoms with Crippen LogP contribution in [-0.4, -0.2) is 28.8 Å². The lowest BCUT2D eigenvalue weighted by Crippen LogP contribution is -1.92. The van der Waals surface area contributed by atoms with Crippen LogP contribution in [0.25, 0.3) is 11.3 Å². The lowest BCUT2D eigenvalue weighted by atomic mass is 10.1. The van der Waals surface area contributed by atoms with E-state index in [-0.39, 0.29) is 6.61 Å². The second-order valence-corrected chi connectivity index (χ2v) is 4.31. The number of hydrogen-bond donors (Lipinski definition) is 2. The van der Waals surface area contributed by atoms with Gasteiger partial charge in [-0.1, -0.05) is 12.1 Å². The molecule has 4 nitrogen and oxygen atoms in total. The minimum absolute atomic E-state index is 0.0747. The van der Waals surface area contributed by atoms with E-state index in [0.717, 1.165) is 27.4 Å². The van der Waals surface area contributed by atoms with Gasteiger partial charge in [0.1, 0.15) is 21.9 Å². The van der Waals surface area contributed by atoms with Crippen LogP contribution < -0.4 is 4.74 Å². The average molecular weight is 297 g/mol. The molecule has 2 N–H and O–H groups in total. The van der Waals surface area contributed by atoms with E-state index in [1.165, 1.54) is 0 Å². The molecule has 1 heterocycles. The van der Waals surface area contributed by atoms with Crippen molar-refractivity contribution in [1.82, 2.24) is 9.97 Å². The molecule has 0 aliphatic carbocycles. The molecule has 1 aromatic carbocycles. The van der Waals surface area contributed by atoms with E-state index in [1.54, 1.807) is 7.11 Å². The van der Waals surface area contributed by atoms with Gasteiger partial charge < -0.3 is 14.8 Å². The topological polar surface area (TPSA) is 58.1 Å². The van der Waals surface area contributed by atoms with E-state index in [0.29, 0.717) is 6.42 Å². The highest BCUT2D eigenvalue weighted by Gasteiger charge is 2.13. The Labute approximate surface area is 108 Å². The van der Waals surface area contributed by atoms with Crippen molar-refractivity contribution in [2.24, 2.45) is 0 Å². The van der Waals surface area contributed by atoms with Crippen molar-refractivity contribution in [3.05, 3.63) is 34.7 Å². The van der Waals surface area contributed by atoms with Gasteiger partial charge in [-0.3, -0.25) is 0 Å². The van der Waals surface area contributed by atoms with Crippen LogP contribution >= 0.6 is 15.9 Å². The van der Waals surface area contributed by atoms with Crippen LogP contribution in [0.4, 0.5) is 0 Å². The molecule has 0 unspecified atom stereocenters. The maximum absolute atomic E-state index is 8.89. The Morgan fingerprint density at radius 1 is 1.41 bits per heavy atom. The number of para-hydroxylation sites is 1. The van der Waals surface area contributed by atoms with Gasteiger partial charge in [0, 0.05) is 12.0 Å². The summed E-state index contributed by atoms with van der Waals surface area (Å²) in [4.78, 5) is 7.52. The van der Waals surface area contributed by atoms with Crippen LogP contribution in [0.1, 0.15) is 5.82 Å². The predicted octanol–water partition coefficient (Wildman–Crippen LogP) is 2.38. The third-order valence-electron chi connectivity index (χ3n) is 2.42. The first-order valence-corrected chi connectivity index (χ1v) is 6.04. The van der Waals surface area contributed by atoms with Crippen molar-refractivity contribution < 1.29 is 9.84 Å². The number of hydrogen-bond acceptors (Lipinski definition) is 3. The van der Waals surface area contributed by atoms with E-state index in [2.05, 4.69) is 25.9 Å². The third-order valence-corrected chi connectivity index (χ3v) is 2.99. The summed E-state index contributed by atoms with van der Waals surface area (Å²) in [5.41, 5.74) is 1.72. The molecule has 0 saturated carbocycles. The molecule has 2 aromatic rings. The van der Waals surface area contributed by atoms with E-state index >= 15 is 0 Å². The van der Waals surface area contributed by atoms with Gasteiger partial charge >= 0.3 is 0 Å². The fourth-order valence-corrected chi connectivity index (χ4v) is 2.17.